The topological polar surface area (TPSA) is 40.7 Å². The second kappa shape index (κ2) is 17.5. The number of fused-ring (bicyclic) bond motifs is 1. The number of methoxy groups -OCH3 is 1. The Morgan fingerprint density at radius 3 is 2.11 bits per heavy atom. The maximum atomic E-state index is 16.9. The summed E-state index contributed by atoms with van der Waals surface area (Å²) in [4.78, 5) is 6.96. The van der Waals surface area contributed by atoms with E-state index in [2.05, 4.69) is 16.5 Å². The molecule has 3 atom stereocenters. The number of ether oxygens (including phenoxy) is 1. The number of nitrogens with one attached hydrogen (secondary N) is 1. The SMILES string of the molecule is C=C/C=C\c1c(C)[nH]c2c1C[C@@H](C)N(CC(F)(F)CO[Si](c1ccccc1)(c1ccccc1)C(C)(C)C)[C@@H]2c1c(F)cc(C(OC)C2CN(CCCF)C2)cc1F. The fourth-order valence-electron chi connectivity index (χ4n) is 9.14. The van der Waals surface area contributed by atoms with Gasteiger partial charge in [0.05, 0.1) is 32.0 Å². The molecule has 3 aromatic carbocycles. The van der Waals surface area contributed by atoms with Crippen molar-refractivity contribution in [3.63, 3.8) is 0 Å². The summed E-state index contributed by atoms with van der Waals surface area (Å²) >= 11 is 0. The molecule has 5 nitrogen and oxygen atoms in total. The summed E-state index contributed by atoms with van der Waals surface area (Å²) in [5.74, 6) is -5.12. The highest BCUT2D eigenvalue weighted by Crippen LogP contribution is 2.45. The van der Waals surface area contributed by atoms with Crippen molar-refractivity contribution in [2.45, 2.75) is 76.6 Å². The van der Waals surface area contributed by atoms with Crippen molar-refractivity contribution in [1.82, 2.24) is 14.8 Å². The standard InChI is InChI=1S/C46H56F5N3O2Si/c1-8-9-21-37-32(3)52-42-38(37)24-31(2)54(43(42)41-39(48)25-33(26-40(41)49)44(55-7)34-27-53(28-34)23-16-22-47)29-46(50,51)30-56-57(45(4,5)6,35-17-12-10-13-18-35)36-19-14-11-15-20-36/h8-15,17-21,25-26,31,34,43-44,52H,1,16,22-24,27-30H2,2-7H3/b21-9-/t31-,43-,44?/m1/s1. The molecule has 6 rings (SSSR count). The summed E-state index contributed by atoms with van der Waals surface area (Å²) in [7, 11) is -1.82. The zero-order valence-corrected chi connectivity index (χ0v) is 34.9. The minimum absolute atomic E-state index is 0.0310. The first-order valence-corrected chi connectivity index (χ1v) is 21.8. The number of rotatable bonds is 16. The van der Waals surface area contributed by atoms with E-state index < -0.39 is 68.9 Å². The third-order valence-corrected chi connectivity index (χ3v) is 16.7. The van der Waals surface area contributed by atoms with Gasteiger partial charge >= 0.3 is 0 Å². The van der Waals surface area contributed by atoms with Crippen LogP contribution in [0.15, 0.2) is 91.5 Å². The number of allylic oxidation sites excluding steroid dienone is 2. The molecule has 11 heteroatoms. The number of aromatic amines is 1. The highest BCUT2D eigenvalue weighted by molar-refractivity contribution is 6.99. The summed E-state index contributed by atoms with van der Waals surface area (Å²) < 4.78 is 92.5. The first-order chi connectivity index (χ1) is 27.2. The van der Waals surface area contributed by atoms with Gasteiger partial charge in [0.15, 0.2) is 0 Å². The molecule has 0 bridgehead atoms. The number of benzene rings is 3. The van der Waals surface area contributed by atoms with Gasteiger partial charge in [0, 0.05) is 55.7 Å². The van der Waals surface area contributed by atoms with Crippen LogP contribution < -0.4 is 10.4 Å². The van der Waals surface area contributed by atoms with E-state index in [1.165, 1.54) is 24.1 Å². The minimum atomic E-state index is -3.42. The van der Waals surface area contributed by atoms with Crippen molar-refractivity contribution < 1.29 is 31.1 Å². The van der Waals surface area contributed by atoms with Gasteiger partial charge in [-0.2, -0.15) is 0 Å². The van der Waals surface area contributed by atoms with E-state index >= 15 is 17.6 Å². The molecule has 1 unspecified atom stereocenters. The number of hydrogen-bond acceptors (Lipinski definition) is 4. The van der Waals surface area contributed by atoms with Gasteiger partial charge in [-0.15, -0.1) is 0 Å². The van der Waals surface area contributed by atoms with Gasteiger partial charge in [-0.25, -0.2) is 17.6 Å². The van der Waals surface area contributed by atoms with E-state index in [9.17, 15) is 4.39 Å². The molecule has 1 saturated heterocycles. The van der Waals surface area contributed by atoms with Crippen LogP contribution in [0.1, 0.15) is 79.9 Å². The van der Waals surface area contributed by atoms with Crippen LogP contribution in [-0.2, 0) is 15.6 Å². The lowest BCUT2D eigenvalue weighted by atomic mass is 9.85. The molecule has 2 aliphatic heterocycles. The quantitative estimate of drug-likeness (QED) is 0.0697. The fraction of sp³-hybridized carbons (Fsp3) is 0.435. The maximum absolute atomic E-state index is 16.9. The van der Waals surface area contributed by atoms with Crippen molar-refractivity contribution in [3.05, 3.63) is 137 Å². The Morgan fingerprint density at radius 2 is 1.58 bits per heavy atom. The average Bonchev–Trinajstić information content (AvgIpc) is 3.46. The summed E-state index contributed by atoms with van der Waals surface area (Å²) in [6, 6.07) is 20.1. The van der Waals surface area contributed by atoms with E-state index in [1.807, 2.05) is 101 Å². The van der Waals surface area contributed by atoms with Crippen molar-refractivity contribution in [1.29, 1.82) is 0 Å². The number of likely N-dealkylation sites (tertiary alicyclic amines) is 1. The highest BCUT2D eigenvalue weighted by atomic mass is 28.4. The van der Waals surface area contributed by atoms with Crippen molar-refractivity contribution in [3.8, 4) is 0 Å². The van der Waals surface area contributed by atoms with Gasteiger partial charge in [0.25, 0.3) is 14.2 Å². The third kappa shape index (κ3) is 8.64. The fourth-order valence-corrected chi connectivity index (χ4v) is 13.7. The van der Waals surface area contributed by atoms with Gasteiger partial charge in [0.2, 0.25) is 0 Å². The Kier molecular flexibility index (Phi) is 13.2. The van der Waals surface area contributed by atoms with Crippen LogP contribution in [-0.4, -0.2) is 81.6 Å². The molecule has 1 fully saturated rings. The molecule has 4 aromatic rings. The normalized spacial score (nSPS) is 19.1. The number of halogens is 5. The number of alkyl halides is 3. The first-order valence-electron chi connectivity index (χ1n) is 19.8. The Bertz CT molecular complexity index is 1950. The van der Waals surface area contributed by atoms with Gasteiger partial charge < -0.3 is 19.0 Å². The molecule has 0 radical (unpaired) electrons. The van der Waals surface area contributed by atoms with E-state index in [0.29, 0.717) is 43.7 Å². The molecular formula is C46H56F5N3O2Si. The van der Waals surface area contributed by atoms with Gasteiger partial charge in [-0.3, -0.25) is 9.29 Å². The van der Waals surface area contributed by atoms with Crippen molar-refractivity contribution in [2.24, 2.45) is 5.92 Å². The second-order valence-corrected chi connectivity index (χ2v) is 21.0. The Balaban J connectivity index is 1.38. The maximum Gasteiger partial charge on any atom is 0.282 e. The smallest absolute Gasteiger partial charge is 0.282 e. The van der Waals surface area contributed by atoms with E-state index in [-0.39, 0.29) is 11.5 Å². The first kappa shape index (κ1) is 42.7. The van der Waals surface area contributed by atoms with Crippen LogP contribution >= 0.6 is 0 Å². The molecule has 57 heavy (non-hydrogen) atoms. The zero-order chi connectivity index (χ0) is 41.1. The van der Waals surface area contributed by atoms with Gasteiger partial charge in [-0.05, 0) is 70.9 Å². The van der Waals surface area contributed by atoms with Crippen molar-refractivity contribution >= 4 is 24.8 Å². The largest absolute Gasteiger partial charge is 0.401 e. The summed E-state index contributed by atoms with van der Waals surface area (Å²) in [5.41, 5.74) is 2.95. The Hall–Kier alpha value is -3.87. The van der Waals surface area contributed by atoms with Crippen LogP contribution in [0.3, 0.4) is 0 Å². The minimum Gasteiger partial charge on any atom is -0.401 e. The second-order valence-electron chi connectivity index (χ2n) is 16.7. The molecule has 1 aromatic heterocycles. The van der Waals surface area contributed by atoms with Crippen LogP contribution in [0.5, 0.6) is 0 Å². The van der Waals surface area contributed by atoms with E-state index in [4.69, 9.17) is 9.16 Å². The molecular weight excluding hydrogens is 750 g/mol. The van der Waals surface area contributed by atoms with Gasteiger partial charge in [0.1, 0.15) is 11.6 Å². The monoisotopic (exact) mass is 805 g/mol. The number of aryl methyl sites for hydroxylation is 1. The van der Waals surface area contributed by atoms with Crippen LogP contribution in [0.25, 0.3) is 6.08 Å². The lowest BCUT2D eigenvalue weighted by Gasteiger charge is -2.45. The molecule has 2 aliphatic rings. The Morgan fingerprint density at radius 1 is 0.982 bits per heavy atom. The molecule has 0 amide bonds. The summed E-state index contributed by atoms with van der Waals surface area (Å²) in [5, 5.41) is 1.23. The van der Waals surface area contributed by atoms with E-state index in [1.54, 1.807) is 12.2 Å². The number of nitrogens with zero attached hydrogens (tertiary/aromatic N) is 2. The predicted octanol–water partition coefficient (Wildman–Crippen LogP) is 9.33. The van der Waals surface area contributed by atoms with Crippen LogP contribution in [0.4, 0.5) is 22.0 Å². The molecule has 0 spiro atoms. The molecule has 0 aliphatic carbocycles. The Labute approximate surface area is 335 Å². The number of H-pyrrole nitrogens is 1. The summed E-state index contributed by atoms with van der Waals surface area (Å²) in [6.07, 6.45) is 5.54. The zero-order valence-electron chi connectivity index (χ0n) is 33.9. The van der Waals surface area contributed by atoms with Crippen LogP contribution in [0.2, 0.25) is 5.04 Å². The molecule has 306 valence electrons. The predicted molar refractivity (Wildman–Crippen MR) is 222 cm³/mol. The third-order valence-electron chi connectivity index (χ3n) is 11.8. The molecule has 3 heterocycles. The lowest BCUT2D eigenvalue weighted by Crippen LogP contribution is -2.67. The molecule has 1 N–H and O–H groups in total. The number of hydrogen-bond donors (Lipinski definition) is 1. The van der Waals surface area contributed by atoms with Crippen LogP contribution in [0, 0.1) is 24.5 Å². The summed E-state index contributed by atoms with van der Waals surface area (Å²) in [6.45, 7) is 13.3. The van der Waals surface area contributed by atoms with E-state index in [0.717, 1.165) is 27.2 Å². The molecule has 0 saturated carbocycles. The average molecular weight is 806 g/mol. The van der Waals surface area contributed by atoms with Crippen molar-refractivity contribution in [2.75, 3.05) is 46.6 Å². The van der Waals surface area contributed by atoms with Gasteiger partial charge in [-0.1, -0.05) is 106 Å². The highest BCUT2D eigenvalue weighted by Gasteiger charge is 2.53. The number of aromatic nitrogens is 1. The lowest BCUT2D eigenvalue weighted by molar-refractivity contribution is -0.0826.